The van der Waals surface area contributed by atoms with Crippen LogP contribution in [0.2, 0.25) is 0 Å². The third kappa shape index (κ3) is 3.34. The van der Waals surface area contributed by atoms with Crippen molar-refractivity contribution in [3.63, 3.8) is 0 Å². The second-order valence-electron chi connectivity index (χ2n) is 3.16. The highest BCUT2D eigenvalue weighted by molar-refractivity contribution is 6.54. The molecule has 0 saturated carbocycles. The van der Waals surface area contributed by atoms with Gasteiger partial charge in [0.05, 0.1) is 0 Å². The summed E-state index contributed by atoms with van der Waals surface area (Å²) in [7, 11) is 1.75. The molecular formula is C9H16BNO2. The summed E-state index contributed by atoms with van der Waals surface area (Å²) in [5.41, 5.74) is 0.796. The average Bonchev–Trinajstić information content (AvgIpc) is 2.10. The molecule has 0 atom stereocenters. The molecule has 3 nitrogen and oxygen atoms in total. The summed E-state index contributed by atoms with van der Waals surface area (Å²) in [4.78, 5) is 2.17. The number of hydrogen-bond donors (Lipinski definition) is 0. The van der Waals surface area contributed by atoms with E-state index in [9.17, 15) is 0 Å². The van der Waals surface area contributed by atoms with Gasteiger partial charge in [-0.2, -0.15) is 0 Å². The van der Waals surface area contributed by atoms with Crippen molar-refractivity contribution in [1.29, 1.82) is 0 Å². The third-order valence-electron chi connectivity index (χ3n) is 2.05. The van der Waals surface area contributed by atoms with Crippen LogP contribution in [0.1, 0.15) is 0 Å². The predicted octanol–water partition coefficient (Wildman–Crippen LogP) is 0.735. The molecule has 1 saturated heterocycles. The minimum atomic E-state index is -0.300. The van der Waals surface area contributed by atoms with E-state index < -0.39 is 0 Å². The zero-order chi connectivity index (χ0) is 9.68. The van der Waals surface area contributed by atoms with Crippen molar-refractivity contribution in [2.75, 3.05) is 33.4 Å². The van der Waals surface area contributed by atoms with E-state index in [0.29, 0.717) is 13.2 Å². The maximum atomic E-state index is 5.47. The number of hydrogen-bond acceptors (Lipinski definition) is 3. The number of rotatable bonds is 2. The van der Waals surface area contributed by atoms with Crippen LogP contribution in [-0.2, 0) is 9.31 Å². The molecule has 0 aromatic heterocycles. The topological polar surface area (TPSA) is 21.7 Å². The fourth-order valence-electron chi connectivity index (χ4n) is 1.10. The molecule has 0 aromatic carbocycles. The Bertz CT molecular complexity index is 186. The first-order chi connectivity index (χ1) is 6.24. The van der Waals surface area contributed by atoms with Gasteiger partial charge in [-0.1, -0.05) is 19.2 Å². The molecule has 0 radical (unpaired) electrons. The van der Waals surface area contributed by atoms with Gasteiger partial charge in [0.15, 0.2) is 0 Å². The van der Waals surface area contributed by atoms with Crippen LogP contribution in [-0.4, -0.2) is 45.4 Å². The fraction of sp³-hybridized carbons (Fsp3) is 0.556. The largest absolute Gasteiger partial charge is 0.493 e. The lowest BCUT2D eigenvalue weighted by Crippen LogP contribution is -2.37. The lowest BCUT2D eigenvalue weighted by atomic mass is 9.79. The highest BCUT2D eigenvalue weighted by atomic mass is 16.6. The molecule has 4 heteroatoms. The zero-order valence-corrected chi connectivity index (χ0v) is 8.16. The Morgan fingerprint density at radius 2 is 1.92 bits per heavy atom. The van der Waals surface area contributed by atoms with E-state index in [1.807, 2.05) is 0 Å². The third-order valence-corrected chi connectivity index (χ3v) is 2.05. The summed E-state index contributed by atoms with van der Waals surface area (Å²) in [6, 6.07) is 0. The molecule has 1 aliphatic rings. The van der Waals surface area contributed by atoms with Gasteiger partial charge in [0.2, 0.25) is 0 Å². The second-order valence-corrected chi connectivity index (χ2v) is 3.16. The Balaban J connectivity index is 2.41. The van der Waals surface area contributed by atoms with Crippen LogP contribution in [0.5, 0.6) is 0 Å². The first kappa shape index (κ1) is 10.5. The zero-order valence-electron chi connectivity index (χ0n) is 8.16. The van der Waals surface area contributed by atoms with Gasteiger partial charge < -0.3 is 14.2 Å². The smallest absolute Gasteiger partial charge is 0.406 e. The van der Waals surface area contributed by atoms with Crippen molar-refractivity contribution < 1.29 is 9.31 Å². The lowest BCUT2D eigenvalue weighted by molar-refractivity contribution is 0.130. The Kier molecular flexibility index (Phi) is 4.22. The highest BCUT2D eigenvalue weighted by Gasteiger charge is 2.22. The fourth-order valence-corrected chi connectivity index (χ4v) is 1.10. The van der Waals surface area contributed by atoms with E-state index in [4.69, 9.17) is 9.31 Å². The van der Waals surface area contributed by atoms with E-state index in [1.165, 1.54) is 0 Å². The normalized spacial score (nSPS) is 20.5. The summed E-state index contributed by atoms with van der Waals surface area (Å²) >= 11 is 0. The van der Waals surface area contributed by atoms with Crippen LogP contribution < -0.4 is 0 Å². The molecule has 72 valence electrons. The molecule has 0 unspecified atom stereocenters. The quantitative estimate of drug-likeness (QED) is 0.463. The Morgan fingerprint density at radius 3 is 2.38 bits per heavy atom. The number of nitrogens with zero attached hydrogens (tertiary/aromatic N) is 1. The van der Waals surface area contributed by atoms with Gasteiger partial charge in [0.25, 0.3) is 0 Å². The van der Waals surface area contributed by atoms with Crippen molar-refractivity contribution in [3.8, 4) is 0 Å². The van der Waals surface area contributed by atoms with Crippen LogP contribution in [0, 0.1) is 0 Å². The summed E-state index contributed by atoms with van der Waals surface area (Å²) < 4.78 is 10.9. The van der Waals surface area contributed by atoms with Gasteiger partial charge in [-0.05, 0) is 12.5 Å². The number of allylic oxidation sites excluding steroid dienone is 2. The van der Waals surface area contributed by atoms with E-state index >= 15 is 0 Å². The maximum Gasteiger partial charge on any atom is 0.493 e. The van der Waals surface area contributed by atoms with Crippen LogP contribution in [0.3, 0.4) is 0 Å². The molecule has 1 aliphatic heterocycles. The maximum absolute atomic E-state index is 5.47. The molecule has 0 amide bonds. The summed E-state index contributed by atoms with van der Waals surface area (Å²) in [6.07, 6.45) is 1.68. The van der Waals surface area contributed by atoms with E-state index in [0.717, 1.165) is 18.6 Å². The van der Waals surface area contributed by atoms with Gasteiger partial charge in [0.1, 0.15) is 0 Å². The first-order valence-corrected chi connectivity index (χ1v) is 4.47. The molecule has 0 aliphatic carbocycles. The molecule has 0 N–H and O–H groups in total. The highest BCUT2D eigenvalue weighted by Crippen LogP contribution is 2.05. The van der Waals surface area contributed by atoms with Crippen LogP contribution in [0.25, 0.3) is 0 Å². The van der Waals surface area contributed by atoms with Crippen molar-refractivity contribution in [1.82, 2.24) is 4.90 Å². The predicted molar refractivity (Wildman–Crippen MR) is 54.5 cm³/mol. The van der Waals surface area contributed by atoms with Gasteiger partial charge in [-0.3, -0.25) is 0 Å². The monoisotopic (exact) mass is 181 g/mol. The molecule has 1 rings (SSSR count). The van der Waals surface area contributed by atoms with Gasteiger partial charge in [-0.15, -0.1) is 0 Å². The van der Waals surface area contributed by atoms with Crippen LogP contribution >= 0.6 is 0 Å². The molecular weight excluding hydrogens is 165 g/mol. The molecule has 0 spiro atoms. The first-order valence-electron chi connectivity index (χ1n) is 4.47. The van der Waals surface area contributed by atoms with E-state index in [2.05, 4.69) is 25.1 Å². The second kappa shape index (κ2) is 5.22. The van der Waals surface area contributed by atoms with Gasteiger partial charge in [0, 0.05) is 26.3 Å². The van der Waals surface area contributed by atoms with E-state index in [1.54, 1.807) is 6.08 Å². The van der Waals surface area contributed by atoms with Gasteiger partial charge >= 0.3 is 7.12 Å². The molecule has 13 heavy (non-hydrogen) atoms. The Labute approximate surface area is 80.2 Å². The molecule has 1 heterocycles. The van der Waals surface area contributed by atoms with Crippen molar-refractivity contribution >= 4 is 7.12 Å². The standard InChI is InChI=1S/C9H16BNO2/c1-4-9(2)10-12-7-5-11(3)6-8-13-10/h4H,1-2,5-8H2,3H3. The average molecular weight is 181 g/mol. The lowest BCUT2D eigenvalue weighted by Gasteiger charge is -2.23. The minimum Gasteiger partial charge on any atom is -0.406 e. The molecule has 1 fully saturated rings. The molecule has 0 aromatic rings. The SMILES string of the molecule is C=CC(=C)B1OCCN(C)CCO1. The van der Waals surface area contributed by atoms with Crippen LogP contribution in [0.15, 0.2) is 24.7 Å². The van der Waals surface area contributed by atoms with Gasteiger partial charge in [-0.25, -0.2) is 0 Å². The summed E-state index contributed by atoms with van der Waals surface area (Å²) in [5.74, 6) is 0. The Morgan fingerprint density at radius 1 is 1.38 bits per heavy atom. The minimum absolute atomic E-state index is 0.300. The van der Waals surface area contributed by atoms with Crippen LogP contribution in [0.4, 0.5) is 0 Å². The molecule has 0 bridgehead atoms. The van der Waals surface area contributed by atoms with Crippen molar-refractivity contribution in [2.24, 2.45) is 0 Å². The number of likely N-dealkylation sites (N-methyl/N-ethyl adjacent to an activating group) is 1. The Hall–Kier alpha value is -0.575. The summed E-state index contributed by atoms with van der Waals surface area (Å²) in [6.45, 7) is 10.7. The van der Waals surface area contributed by atoms with Crippen molar-refractivity contribution in [2.45, 2.75) is 0 Å². The van der Waals surface area contributed by atoms with Crippen molar-refractivity contribution in [3.05, 3.63) is 24.7 Å². The van der Waals surface area contributed by atoms with E-state index in [-0.39, 0.29) is 7.12 Å². The summed E-state index contributed by atoms with van der Waals surface area (Å²) in [5, 5.41) is 0.